The van der Waals surface area contributed by atoms with Gasteiger partial charge in [-0.1, -0.05) is 6.42 Å². The number of ether oxygens (including phenoxy) is 1. The molecule has 1 aromatic carbocycles. The Kier molecular flexibility index (Phi) is 4.11. The van der Waals surface area contributed by atoms with Gasteiger partial charge in [-0.15, -0.1) is 11.3 Å². The van der Waals surface area contributed by atoms with E-state index < -0.39 is 0 Å². The number of ketones is 1. The van der Waals surface area contributed by atoms with Crippen LogP contribution in [0.5, 0.6) is 5.75 Å². The first-order chi connectivity index (χ1) is 10.2. The number of carbonyl (C=O) groups is 1. The minimum Gasteiger partial charge on any atom is -0.496 e. The van der Waals surface area contributed by atoms with Crippen LogP contribution < -0.4 is 4.74 Å². The normalized spacial score (nSPS) is 14.4. The molecule has 1 aliphatic carbocycles. The van der Waals surface area contributed by atoms with Gasteiger partial charge in [-0.05, 0) is 68.0 Å². The molecule has 0 saturated carbocycles. The largest absolute Gasteiger partial charge is 0.496 e. The van der Waals surface area contributed by atoms with Gasteiger partial charge in [0.05, 0.1) is 12.0 Å². The molecule has 0 saturated heterocycles. The van der Waals surface area contributed by atoms with Gasteiger partial charge < -0.3 is 4.74 Å². The highest BCUT2D eigenvalue weighted by atomic mass is 32.1. The highest BCUT2D eigenvalue weighted by Gasteiger charge is 2.18. The maximum atomic E-state index is 12.7. The fourth-order valence-corrected chi connectivity index (χ4v) is 4.16. The molecule has 1 aromatic heterocycles. The molecule has 21 heavy (non-hydrogen) atoms. The molecule has 0 bridgehead atoms. The van der Waals surface area contributed by atoms with Crippen molar-refractivity contribution < 1.29 is 9.53 Å². The van der Waals surface area contributed by atoms with Crippen molar-refractivity contribution in [3.63, 3.8) is 0 Å². The molecule has 2 aromatic rings. The predicted octanol–water partition coefficient (Wildman–Crippen LogP) is 4.57. The standard InChI is InChI=1S/C18H20O2S/c1-12-10-14(8-9-15(12)20-2)18(19)17-11-13-6-4-3-5-7-16(13)21-17/h8-11H,3-7H2,1-2H3. The zero-order valence-electron chi connectivity index (χ0n) is 12.6. The molecule has 1 aliphatic rings. The Morgan fingerprint density at radius 2 is 1.95 bits per heavy atom. The Hall–Kier alpha value is -1.61. The molecule has 2 nitrogen and oxygen atoms in total. The third-order valence-electron chi connectivity index (χ3n) is 4.13. The van der Waals surface area contributed by atoms with Crippen LogP contribution in [-0.4, -0.2) is 12.9 Å². The average Bonchev–Trinajstić information content (AvgIpc) is 2.77. The second kappa shape index (κ2) is 6.02. The van der Waals surface area contributed by atoms with Crippen molar-refractivity contribution in [1.29, 1.82) is 0 Å². The Morgan fingerprint density at radius 3 is 2.71 bits per heavy atom. The lowest BCUT2D eigenvalue weighted by Crippen LogP contribution is -2.00. The van der Waals surface area contributed by atoms with Crippen molar-refractivity contribution in [1.82, 2.24) is 0 Å². The van der Waals surface area contributed by atoms with Crippen LogP contribution in [0.1, 0.15) is 50.5 Å². The van der Waals surface area contributed by atoms with Crippen molar-refractivity contribution >= 4 is 17.1 Å². The summed E-state index contributed by atoms with van der Waals surface area (Å²) in [6.45, 7) is 1.97. The van der Waals surface area contributed by atoms with E-state index in [4.69, 9.17) is 4.74 Å². The Morgan fingerprint density at radius 1 is 1.14 bits per heavy atom. The van der Waals surface area contributed by atoms with E-state index in [9.17, 15) is 4.79 Å². The van der Waals surface area contributed by atoms with E-state index in [2.05, 4.69) is 6.07 Å². The molecule has 1 heterocycles. The van der Waals surface area contributed by atoms with E-state index in [-0.39, 0.29) is 5.78 Å². The van der Waals surface area contributed by atoms with Gasteiger partial charge in [0, 0.05) is 10.4 Å². The molecule has 0 amide bonds. The molecule has 0 N–H and O–H groups in total. The van der Waals surface area contributed by atoms with Crippen LogP contribution in [0.2, 0.25) is 0 Å². The number of fused-ring (bicyclic) bond motifs is 1. The maximum absolute atomic E-state index is 12.7. The number of hydrogen-bond acceptors (Lipinski definition) is 3. The Labute approximate surface area is 129 Å². The first-order valence-electron chi connectivity index (χ1n) is 7.50. The van der Waals surface area contributed by atoms with Crippen molar-refractivity contribution in [2.45, 2.75) is 39.0 Å². The summed E-state index contributed by atoms with van der Waals surface area (Å²) < 4.78 is 5.26. The summed E-state index contributed by atoms with van der Waals surface area (Å²) in [5.74, 6) is 0.965. The lowest BCUT2D eigenvalue weighted by Gasteiger charge is -2.06. The molecule has 110 valence electrons. The Bertz CT molecular complexity index is 646. The lowest BCUT2D eigenvalue weighted by atomic mass is 10.0. The van der Waals surface area contributed by atoms with Crippen LogP contribution in [0.25, 0.3) is 0 Å². The number of benzene rings is 1. The highest BCUT2D eigenvalue weighted by molar-refractivity contribution is 7.14. The number of methoxy groups -OCH3 is 1. The van der Waals surface area contributed by atoms with Gasteiger partial charge in [0.25, 0.3) is 0 Å². The molecule has 0 spiro atoms. The third kappa shape index (κ3) is 2.88. The first kappa shape index (κ1) is 14.3. The fourth-order valence-electron chi connectivity index (χ4n) is 2.94. The van der Waals surface area contributed by atoms with Crippen LogP contribution in [0, 0.1) is 6.92 Å². The number of thiophene rings is 1. The maximum Gasteiger partial charge on any atom is 0.202 e. The predicted molar refractivity (Wildman–Crippen MR) is 86.7 cm³/mol. The van der Waals surface area contributed by atoms with Crippen molar-refractivity contribution in [3.05, 3.63) is 50.7 Å². The quantitative estimate of drug-likeness (QED) is 0.613. The molecular formula is C18H20O2S. The number of rotatable bonds is 3. The number of hydrogen-bond donors (Lipinski definition) is 0. The first-order valence-corrected chi connectivity index (χ1v) is 8.31. The zero-order chi connectivity index (χ0) is 14.8. The summed E-state index contributed by atoms with van der Waals surface area (Å²) >= 11 is 1.69. The summed E-state index contributed by atoms with van der Waals surface area (Å²) in [7, 11) is 1.65. The van der Waals surface area contributed by atoms with Crippen LogP contribution in [-0.2, 0) is 12.8 Å². The highest BCUT2D eigenvalue weighted by Crippen LogP contribution is 2.31. The smallest absolute Gasteiger partial charge is 0.202 e. The summed E-state index contributed by atoms with van der Waals surface area (Å²) in [4.78, 5) is 15.0. The van der Waals surface area contributed by atoms with E-state index in [1.54, 1.807) is 18.4 Å². The molecule has 0 unspecified atom stereocenters. The molecule has 0 radical (unpaired) electrons. The van der Waals surface area contributed by atoms with Gasteiger partial charge in [0.15, 0.2) is 0 Å². The summed E-state index contributed by atoms with van der Waals surface area (Å²) in [6.07, 6.45) is 6.07. The van der Waals surface area contributed by atoms with Gasteiger partial charge in [0.1, 0.15) is 5.75 Å². The summed E-state index contributed by atoms with van der Waals surface area (Å²) in [6, 6.07) is 7.78. The minimum atomic E-state index is 0.138. The van der Waals surface area contributed by atoms with Crippen LogP contribution in [0.3, 0.4) is 0 Å². The summed E-state index contributed by atoms with van der Waals surface area (Å²) in [5.41, 5.74) is 3.15. The van der Waals surface area contributed by atoms with Crippen molar-refractivity contribution in [3.8, 4) is 5.75 Å². The van der Waals surface area contributed by atoms with Crippen molar-refractivity contribution in [2.75, 3.05) is 7.11 Å². The van der Waals surface area contributed by atoms with E-state index in [1.165, 1.54) is 29.7 Å². The SMILES string of the molecule is COc1ccc(C(=O)c2cc3c(s2)CCCCC3)cc1C. The van der Waals surface area contributed by atoms with E-state index >= 15 is 0 Å². The average molecular weight is 300 g/mol. The summed E-state index contributed by atoms with van der Waals surface area (Å²) in [5, 5.41) is 0. The zero-order valence-corrected chi connectivity index (χ0v) is 13.4. The molecule has 0 aliphatic heterocycles. The molecule has 0 atom stereocenters. The topological polar surface area (TPSA) is 26.3 Å². The molecule has 3 rings (SSSR count). The number of aryl methyl sites for hydroxylation is 3. The van der Waals surface area contributed by atoms with Crippen molar-refractivity contribution in [2.24, 2.45) is 0 Å². The number of carbonyl (C=O) groups excluding carboxylic acids is 1. The third-order valence-corrected chi connectivity index (χ3v) is 5.36. The van der Waals surface area contributed by atoms with Gasteiger partial charge in [-0.3, -0.25) is 4.79 Å². The minimum absolute atomic E-state index is 0.138. The van der Waals surface area contributed by atoms with Gasteiger partial charge in [-0.2, -0.15) is 0 Å². The van der Waals surface area contributed by atoms with Gasteiger partial charge in [0.2, 0.25) is 5.78 Å². The second-order valence-electron chi connectivity index (χ2n) is 5.63. The lowest BCUT2D eigenvalue weighted by molar-refractivity contribution is 0.104. The van der Waals surface area contributed by atoms with Gasteiger partial charge >= 0.3 is 0 Å². The molecule has 0 fully saturated rings. The fraction of sp³-hybridized carbons (Fsp3) is 0.389. The monoisotopic (exact) mass is 300 g/mol. The van der Waals surface area contributed by atoms with E-state index in [0.717, 1.165) is 34.6 Å². The molecular weight excluding hydrogens is 280 g/mol. The Balaban J connectivity index is 1.90. The van der Waals surface area contributed by atoms with E-state index in [0.29, 0.717) is 0 Å². The van der Waals surface area contributed by atoms with Crippen LogP contribution >= 0.6 is 11.3 Å². The molecule has 3 heteroatoms. The van der Waals surface area contributed by atoms with Gasteiger partial charge in [-0.25, -0.2) is 0 Å². The van der Waals surface area contributed by atoms with Crippen LogP contribution in [0.15, 0.2) is 24.3 Å². The second-order valence-corrected chi connectivity index (χ2v) is 6.77. The van der Waals surface area contributed by atoms with E-state index in [1.807, 2.05) is 25.1 Å². The van der Waals surface area contributed by atoms with Crippen LogP contribution in [0.4, 0.5) is 0 Å².